The number of β-amino-alcohol motifs (C(OH)–C–C–N with tert-alkyl or cyclic N) is 1. The standard InChI is InChI=1S/C25H29NO8.C21H21NO7.C4H8O.ClHO4.Li/c1-5-14(27)11-26-9-8-13-10-17-23(33-12-32-17)24(31-4)18(13)20(26)21-15-6-7-16(29-2)22(30-3)19(15)25(28)34-21;1-24-12-5-4-11-15(18(12)25-2)21(23)29-17(11)16-14-10(6-7-22-16)8-13-19(20(14)26-3)28-9-27-13;1-2-4-3-5-4;2-1(3,4)5;/h6-7,10,14,20-21,27H,5,8-9,11-12H2,1-4H3;4-5,8,16-17,22H,6-7,9H2,1-3H3;4H,2-3H2,1H3;(H,2,3,4,5);/q;;;;+1/p-1/t14?,20-,21+;16-,17+;;;/m11.../s1. The molecule has 11 rings (SSSR count). The molecule has 0 aromatic heterocycles. The van der Waals surface area contributed by atoms with E-state index in [0.29, 0.717) is 99.8 Å². The summed E-state index contributed by atoms with van der Waals surface area (Å²) in [6.07, 6.45) is 2.28. The topological polar surface area (TPSA) is 285 Å². The first-order valence-electron chi connectivity index (χ1n) is 23.4. The second-order valence-electron chi connectivity index (χ2n) is 17.3. The van der Waals surface area contributed by atoms with Crippen LogP contribution in [0.3, 0.4) is 0 Å². The minimum absolute atomic E-state index is 0. The number of cyclic esters (lactones) is 2. The van der Waals surface area contributed by atoms with Crippen molar-refractivity contribution in [1.29, 1.82) is 0 Å². The van der Waals surface area contributed by atoms with Crippen LogP contribution in [0.4, 0.5) is 0 Å². The van der Waals surface area contributed by atoms with E-state index < -0.39 is 46.5 Å². The Bertz CT molecular complexity index is 2680. The fraction of sp³-hybridized carbons (Fsp3) is 0.480. The first-order chi connectivity index (χ1) is 35.1. The Morgan fingerprint density at radius 3 is 1.65 bits per heavy atom. The number of ether oxygens (including phenoxy) is 13. The van der Waals surface area contributed by atoms with Gasteiger partial charge in [-0.3, -0.25) is 4.90 Å². The third-order valence-corrected chi connectivity index (χ3v) is 13.3. The van der Waals surface area contributed by atoms with Gasteiger partial charge in [-0.2, -0.15) is 0 Å². The summed E-state index contributed by atoms with van der Waals surface area (Å²) >= 11 is 0. The number of esters is 2. The zero-order valence-electron chi connectivity index (χ0n) is 42.5. The minimum Gasteiger partial charge on any atom is -0.493 e. The molecule has 7 aliphatic heterocycles. The summed E-state index contributed by atoms with van der Waals surface area (Å²) in [4.78, 5) is 28.0. The van der Waals surface area contributed by atoms with Crippen LogP contribution in [-0.2, 0) is 27.1 Å². The number of aliphatic hydroxyl groups is 1. The van der Waals surface area contributed by atoms with Gasteiger partial charge in [0.05, 0.1) is 73.6 Å². The van der Waals surface area contributed by atoms with Crippen molar-refractivity contribution in [2.45, 2.75) is 76.0 Å². The van der Waals surface area contributed by atoms with Crippen LogP contribution in [0.2, 0.25) is 0 Å². The summed E-state index contributed by atoms with van der Waals surface area (Å²) in [5, 5.41) is 14.0. The Hall–Kier alpha value is -5.61. The molecule has 6 atom stereocenters. The van der Waals surface area contributed by atoms with Crippen LogP contribution in [0.5, 0.6) is 57.5 Å². The normalized spacial score (nSPS) is 21.3. The average molecular weight is 1050 g/mol. The molecule has 7 aliphatic rings. The molecule has 24 heteroatoms. The third kappa shape index (κ3) is 11.3. The number of aliphatic hydroxyl groups excluding tert-OH is 1. The number of hydrogen-bond donors (Lipinski definition) is 2. The molecule has 0 aliphatic carbocycles. The Kier molecular flexibility index (Phi) is 18.2. The van der Waals surface area contributed by atoms with Crippen molar-refractivity contribution in [2.75, 3.05) is 82.5 Å². The number of rotatable bonds is 12. The Morgan fingerprint density at radius 1 is 0.703 bits per heavy atom. The van der Waals surface area contributed by atoms with Crippen molar-refractivity contribution in [3.8, 4) is 57.5 Å². The van der Waals surface area contributed by atoms with Crippen LogP contribution < -0.4 is 90.2 Å². The smallest absolute Gasteiger partial charge is 0.493 e. The monoisotopic (exact) mass is 1050 g/mol. The maximum Gasteiger partial charge on any atom is 1.00 e. The molecule has 0 amide bonds. The van der Waals surface area contributed by atoms with Gasteiger partial charge in [-0.05, 0) is 67.6 Å². The fourth-order valence-corrected chi connectivity index (χ4v) is 9.94. The SMILES string of the molecule is CCC(O)CN1CCc2cc3c(c(OC)c2[C@@H]1[C@H]1OC(=O)c2c1ccc(OC)c2OC)OCO3.CCC1CO1.COc1ccc2c(c1OC)C(=O)O[C@@H]2[C@@H]1NCCc2cc3c(c(OC)c21)OCO3.[Li+].[O-][Cl+3]([O-])([O-])[O-]. The summed E-state index contributed by atoms with van der Waals surface area (Å²) < 4.78 is 106. The third-order valence-electron chi connectivity index (χ3n) is 13.3. The van der Waals surface area contributed by atoms with Gasteiger partial charge in [0.2, 0.25) is 25.1 Å². The number of nitrogens with one attached hydrogen (secondary N) is 1. The van der Waals surface area contributed by atoms with E-state index in [2.05, 4.69) is 17.1 Å². The first kappa shape index (κ1) is 56.1. The quantitative estimate of drug-likeness (QED) is 0.0938. The Morgan fingerprint density at radius 2 is 1.19 bits per heavy atom. The van der Waals surface area contributed by atoms with E-state index in [9.17, 15) is 14.7 Å². The van der Waals surface area contributed by atoms with Gasteiger partial charge in [0.1, 0.15) is 23.3 Å². The summed E-state index contributed by atoms with van der Waals surface area (Å²) in [6.45, 7) is 7.20. The van der Waals surface area contributed by atoms with Gasteiger partial charge >= 0.3 is 30.8 Å². The number of carbonyl (C=O) groups is 2. The van der Waals surface area contributed by atoms with Crippen molar-refractivity contribution in [3.05, 3.63) is 80.9 Å². The maximum atomic E-state index is 13.1. The van der Waals surface area contributed by atoms with Crippen LogP contribution in [0.15, 0.2) is 36.4 Å². The van der Waals surface area contributed by atoms with Gasteiger partial charge in [-0.15, -0.1) is 10.2 Å². The zero-order chi connectivity index (χ0) is 52.3. The van der Waals surface area contributed by atoms with Crippen molar-refractivity contribution < 1.29 is 124 Å². The number of nitrogens with zero attached hydrogens (tertiary/aromatic N) is 1. The molecule has 4 aromatic rings. The van der Waals surface area contributed by atoms with Crippen LogP contribution in [0, 0.1) is 10.2 Å². The van der Waals surface area contributed by atoms with Gasteiger partial charge < -0.3 is 72.0 Å². The molecular weight excluding hydrogens is 991 g/mol. The molecule has 74 heavy (non-hydrogen) atoms. The number of hydrogen-bond acceptors (Lipinski definition) is 22. The number of halogens is 1. The number of carbonyl (C=O) groups excluding carboxylic acids is 2. The van der Waals surface area contributed by atoms with Crippen molar-refractivity contribution >= 4 is 11.9 Å². The van der Waals surface area contributed by atoms with Crippen LogP contribution in [0.25, 0.3) is 0 Å². The second kappa shape index (κ2) is 23.9. The van der Waals surface area contributed by atoms with E-state index in [1.807, 2.05) is 31.2 Å². The summed E-state index contributed by atoms with van der Waals surface area (Å²) in [5.74, 6) is 4.39. The minimum atomic E-state index is -4.94. The van der Waals surface area contributed by atoms with Gasteiger partial charge in [0, 0.05) is 35.3 Å². The molecule has 2 N–H and O–H groups in total. The maximum absolute atomic E-state index is 13.1. The summed E-state index contributed by atoms with van der Waals surface area (Å²) in [5.41, 5.74) is 6.12. The van der Waals surface area contributed by atoms with E-state index in [1.165, 1.54) is 34.9 Å². The van der Waals surface area contributed by atoms with Crippen LogP contribution in [0.1, 0.15) is 105 Å². The van der Waals surface area contributed by atoms with E-state index in [4.69, 9.17) is 80.2 Å². The Balaban J connectivity index is 0.000000181. The molecule has 0 radical (unpaired) electrons. The molecule has 2 unspecified atom stereocenters. The number of benzene rings is 4. The molecule has 4 aromatic carbocycles. The number of epoxide rings is 1. The van der Waals surface area contributed by atoms with E-state index in [0.717, 1.165) is 53.8 Å². The molecule has 1 fully saturated rings. The average Bonchev–Trinajstić information content (AvgIpc) is 3.60. The molecule has 0 spiro atoms. The van der Waals surface area contributed by atoms with Gasteiger partial charge in [0.15, 0.2) is 46.0 Å². The molecule has 0 saturated carbocycles. The second-order valence-corrected chi connectivity index (χ2v) is 18.0. The van der Waals surface area contributed by atoms with Gasteiger partial charge in [-0.25, -0.2) is 28.2 Å². The van der Waals surface area contributed by atoms with Crippen LogP contribution in [-0.4, -0.2) is 117 Å². The predicted molar refractivity (Wildman–Crippen MR) is 242 cm³/mol. The summed E-state index contributed by atoms with van der Waals surface area (Å²) in [7, 11) is 4.33. The van der Waals surface area contributed by atoms with Gasteiger partial charge in [0.25, 0.3) is 0 Å². The number of methoxy groups -OCH3 is 6. The van der Waals surface area contributed by atoms with Crippen molar-refractivity contribution in [1.82, 2.24) is 10.2 Å². The van der Waals surface area contributed by atoms with Gasteiger partial charge in [-0.1, -0.05) is 26.0 Å². The van der Waals surface area contributed by atoms with E-state index in [-0.39, 0.29) is 38.5 Å². The predicted octanol–water partition coefficient (Wildman–Crippen LogP) is -1.39. The summed E-state index contributed by atoms with van der Waals surface area (Å²) in [6, 6.07) is 10.5. The Labute approximate surface area is 441 Å². The molecule has 22 nitrogen and oxygen atoms in total. The molecule has 1 saturated heterocycles. The van der Waals surface area contributed by atoms with Crippen molar-refractivity contribution in [3.63, 3.8) is 0 Å². The molecule has 7 heterocycles. The van der Waals surface area contributed by atoms with Crippen molar-refractivity contribution in [2.24, 2.45) is 0 Å². The first-order valence-corrected chi connectivity index (χ1v) is 24.7. The molecular formula is C50H58ClLiN2O20. The molecule has 0 bridgehead atoms. The fourth-order valence-electron chi connectivity index (χ4n) is 9.94. The number of fused-ring (bicyclic) bond motifs is 6. The van der Waals surface area contributed by atoms with E-state index >= 15 is 0 Å². The largest absolute Gasteiger partial charge is 1.00 e. The van der Waals surface area contributed by atoms with Crippen LogP contribution >= 0.6 is 0 Å². The zero-order valence-corrected chi connectivity index (χ0v) is 43.3. The molecule has 396 valence electrons. The van der Waals surface area contributed by atoms with E-state index in [1.54, 1.807) is 26.4 Å².